The standard InChI is InChI=1S/C27H22Cl2N4O2S/c28-19-10-6-9-18(24(19)29)21-12-13-22(35-21)26-25(20-11-4-5-15-30-20)32-27(36)33(26)16-14-23(34)31-17-7-2-1-3-8-17/h1-13,15,25-26H,14,16H2,(H,31,34)(H,32,36)/t25-,26+/m1/s1. The average molecular weight is 537 g/mol. The number of thiocarbonyl (C=S) groups is 1. The van der Waals surface area contributed by atoms with Crippen LogP contribution < -0.4 is 10.6 Å². The number of hydrogen-bond donors (Lipinski definition) is 2. The first kappa shape index (κ1) is 24.3. The molecule has 0 aliphatic carbocycles. The Labute approximate surface area is 224 Å². The van der Waals surface area contributed by atoms with Crippen LogP contribution in [0.15, 0.2) is 89.5 Å². The molecule has 182 valence electrons. The normalized spacial score (nSPS) is 17.2. The van der Waals surface area contributed by atoms with E-state index in [-0.39, 0.29) is 24.4 Å². The summed E-state index contributed by atoms with van der Waals surface area (Å²) in [5.74, 6) is 1.17. The lowest BCUT2D eigenvalue weighted by Gasteiger charge is -2.25. The number of anilines is 1. The number of hydrogen-bond acceptors (Lipinski definition) is 4. The van der Waals surface area contributed by atoms with Crippen LogP contribution >= 0.6 is 35.4 Å². The smallest absolute Gasteiger partial charge is 0.226 e. The summed E-state index contributed by atoms with van der Waals surface area (Å²) in [5.41, 5.74) is 2.27. The van der Waals surface area contributed by atoms with Crippen LogP contribution in [-0.4, -0.2) is 27.4 Å². The van der Waals surface area contributed by atoms with Gasteiger partial charge in [0.1, 0.15) is 17.6 Å². The fourth-order valence-corrected chi connectivity index (χ4v) is 5.00. The number of nitrogens with one attached hydrogen (secondary N) is 2. The van der Waals surface area contributed by atoms with E-state index >= 15 is 0 Å². The molecule has 9 heteroatoms. The number of rotatable bonds is 7. The molecule has 1 saturated heterocycles. The zero-order valence-corrected chi connectivity index (χ0v) is 21.4. The number of carbonyl (C=O) groups is 1. The number of aromatic nitrogens is 1. The number of carbonyl (C=O) groups excluding carboxylic acids is 1. The first-order valence-electron chi connectivity index (χ1n) is 11.4. The minimum Gasteiger partial charge on any atom is -0.459 e. The van der Waals surface area contributed by atoms with Gasteiger partial charge in [0.25, 0.3) is 0 Å². The molecule has 0 unspecified atom stereocenters. The van der Waals surface area contributed by atoms with Gasteiger partial charge in [0, 0.05) is 30.4 Å². The van der Waals surface area contributed by atoms with Crippen molar-refractivity contribution in [1.82, 2.24) is 15.2 Å². The van der Waals surface area contributed by atoms with E-state index in [1.165, 1.54) is 0 Å². The van der Waals surface area contributed by atoms with Crippen molar-refractivity contribution >= 4 is 52.1 Å². The molecule has 0 saturated carbocycles. The quantitative estimate of drug-likeness (QED) is 0.257. The van der Waals surface area contributed by atoms with Crippen LogP contribution in [0, 0.1) is 0 Å². The van der Waals surface area contributed by atoms with E-state index in [1.807, 2.05) is 77.7 Å². The van der Waals surface area contributed by atoms with E-state index in [4.69, 9.17) is 39.8 Å². The van der Waals surface area contributed by atoms with E-state index in [0.29, 0.717) is 38.8 Å². The SMILES string of the molecule is O=C(CCN1C(=S)N[C@H](c2ccccn2)[C@@H]1c1ccc(-c2cccc(Cl)c2Cl)o1)Nc1ccccc1. The number of amides is 1. The van der Waals surface area contributed by atoms with E-state index in [1.54, 1.807) is 12.3 Å². The lowest BCUT2D eigenvalue weighted by molar-refractivity contribution is -0.116. The third-order valence-corrected chi connectivity index (χ3v) is 7.14. The van der Waals surface area contributed by atoms with Gasteiger partial charge in [-0.2, -0.15) is 0 Å². The number of para-hydroxylation sites is 1. The molecule has 2 aromatic heterocycles. The van der Waals surface area contributed by atoms with Crippen LogP contribution in [-0.2, 0) is 4.79 Å². The maximum atomic E-state index is 12.7. The molecule has 2 N–H and O–H groups in total. The first-order valence-corrected chi connectivity index (χ1v) is 12.5. The fraction of sp³-hybridized carbons (Fsp3) is 0.148. The molecule has 1 aliphatic rings. The van der Waals surface area contributed by atoms with Gasteiger partial charge >= 0.3 is 0 Å². The zero-order valence-electron chi connectivity index (χ0n) is 19.0. The summed E-state index contributed by atoms with van der Waals surface area (Å²) in [6.07, 6.45) is 1.99. The molecule has 3 heterocycles. The monoisotopic (exact) mass is 536 g/mol. The number of furan rings is 1. The van der Waals surface area contributed by atoms with Crippen molar-refractivity contribution in [2.75, 3.05) is 11.9 Å². The molecule has 0 bridgehead atoms. The largest absolute Gasteiger partial charge is 0.459 e. The number of pyridine rings is 1. The molecule has 2 atom stereocenters. The second-order valence-corrected chi connectivity index (χ2v) is 9.46. The van der Waals surface area contributed by atoms with Gasteiger partial charge in [-0.05, 0) is 60.7 Å². The van der Waals surface area contributed by atoms with Crippen molar-refractivity contribution in [3.8, 4) is 11.3 Å². The molecule has 0 spiro atoms. The highest BCUT2D eigenvalue weighted by atomic mass is 35.5. The molecular formula is C27H22Cl2N4O2S. The Morgan fingerprint density at radius 3 is 2.61 bits per heavy atom. The zero-order chi connectivity index (χ0) is 25.1. The van der Waals surface area contributed by atoms with Gasteiger partial charge in [0.05, 0.1) is 21.8 Å². The molecule has 4 aromatic rings. The van der Waals surface area contributed by atoms with Gasteiger partial charge in [-0.1, -0.05) is 53.5 Å². The van der Waals surface area contributed by atoms with Crippen LogP contribution in [0.2, 0.25) is 10.0 Å². The Morgan fingerprint density at radius 2 is 1.83 bits per heavy atom. The van der Waals surface area contributed by atoms with E-state index < -0.39 is 0 Å². The Morgan fingerprint density at radius 1 is 1.03 bits per heavy atom. The Balaban J connectivity index is 1.42. The molecule has 0 radical (unpaired) electrons. The van der Waals surface area contributed by atoms with Gasteiger partial charge in [0.2, 0.25) is 5.91 Å². The summed E-state index contributed by atoms with van der Waals surface area (Å²) >= 11 is 18.3. The van der Waals surface area contributed by atoms with Crippen LogP contribution in [0.4, 0.5) is 5.69 Å². The highest BCUT2D eigenvalue weighted by molar-refractivity contribution is 7.80. The highest BCUT2D eigenvalue weighted by Crippen LogP contribution is 2.42. The molecule has 1 amide bonds. The Hall–Kier alpha value is -3.39. The van der Waals surface area contributed by atoms with E-state index in [0.717, 1.165) is 11.4 Å². The van der Waals surface area contributed by atoms with Gasteiger partial charge < -0.3 is 20.0 Å². The predicted molar refractivity (Wildman–Crippen MR) is 146 cm³/mol. The lowest BCUT2D eigenvalue weighted by Crippen LogP contribution is -2.32. The molecular weight excluding hydrogens is 515 g/mol. The summed E-state index contributed by atoms with van der Waals surface area (Å²) < 4.78 is 6.31. The van der Waals surface area contributed by atoms with Gasteiger partial charge in [-0.3, -0.25) is 9.78 Å². The van der Waals surface area contributed by atoms with Gasteiger partial charge in [-0.15, -0.1) is 0 Å². The molecule has 2 aromatic carbocycles. The predicted octanol–water partition coefficient (Wildman–Crippen LogP) is 6.65. The summed E-state index contributed by atoms with van der Waals surface area (Å²) in [4.78, 5) is 19.2. The molecule has 1 fully saturated rings. The summed E-state index contributed by atoms with van der Waals surface area (Å²) in [7, 11) is 0. The second kappa shape index (κ2) is 10.7. The maximum absolute atomic E-state index is 12.7. The third-order valence-electron chi connectivity index (χ3n) is 5.97. The molecule has 6 nitrogen and oxygen atoms in total. The summed E-state index contributed by atoms with van der Waals surface area (Å²) in [6, 6.07) is 23.7. The second-order valence-electron chi connectivity index (χ2n) is 8.29. The van der Waals surface area contributed by atoms with Gasteiger partial charge in [-0.25, -0.2) is 0 Å². The van der Waals surface area contributed by atoms with E-state index in [9.17, 15) is 4.79 Å². The Bertz CT molecular complexity index is 1380. The molecule has 5 rings (SSSR count). The van der Waals surface area contributed by atoms with Crippen molar-refractivity contribution in [3.63, 3.8) is 0 Å². The van der Waals surface area contributed by atoms with Gasteiger partial charge in [0.15, 0.2) is 5.11 Å². The van der Waals surface area contributed by atoms with Crippen molar-refractivity contribution in [2.45, 2.75) is 18.5 Å². The summed E-state index contributed by atoms with van der Waals surface area (Å²) in [5, 5.41) is 7.70. The van der Waals surface area contributed by atoms with Crippen LogP contribution in [0.5, 0.6) is 0 Å². The first-order chi connectivity index (χ1) is 17.5. The lowest BCUT2D eigenvalue weighted by atomic mass is 10.0. The molecule has 1 aliphatic heterocycles. The van der Waals surface area contributed by atoms with E-state index in [2.05, 4.69) is 15.6 Å². The number of nitrogens with zero attached hydrogens (tertiary/aromatic N) is 2. The van der Waals surface area contributed by atoms with Crippen LogP contribution in [0.3, 0.4) is 0 Å². The van der Waals surface area contributed by atoms with Crippen molar-refractivity contribution in [1.29, 1.82) is 0 Å². The van der Waals surface area contributed by atoms with Crippen molar-refractivity contribution in [2.24, 2.45) is 0 Å². The third kappa shape index (κ3) is 5.09. The van der Waals surface area contributed by atoms with Crippen molar-refractivity contribution < 1.29 is 9.21 Å². The summed E-state index contributed by atoms with van der Waals surface area (Å²) in [6.45, 7) is 0.395. The van der Waals surface area contributed by atoms with Crippen LogP contribution in [0.25, 0.3) is 11.3 Å². The number of halogens is 2. The van der Waals surface area contributed by atoms with Crippen molar-refractivity contribution in [3.05, 3.63) is 107 Å². The number of benzene rings is 2. The minimum atomic E-state index is -0.316. The highest BCUT2D eigenvalue weighted by Gasteiger charge is 2.41. The fourth-order valence-electron chi connectivity index (χ4n) is 4.27. The molecule has 36 heavy (non-hydrogen) atoms. The topological polar surface area (TPSA) is 70.4 Å². The van der Waals surface area contributed by atoms with Crippen LogP contribution in [0.1, 0.15) is 30.0 Å². The maximum Gasteiger partial charge on any atom is 0.226 e. The average Bonchev–Trinajstić information content (AvgIpc) is 3.50. The minimum absolute atomic E-state index is 0.102. The Kier molecular flexibility index (Phi) is 7.23.